The fourth-order valence-electron chi connectivity index (χ4n) is 8.45. The summed E-state index contributed by atoms with van der Waals surface area (Å²) in [6, 6.07) is 75.0. The predicted molar refractivity (Wildman–Crippen MR) is 237 cm³/mol. The Morgan fingerprint density at radius 3 is 1.76 bits per heavy atom. The van der Waals surface area contributed by atoms with E-state index in [4.69, 9.17) is 0 Å². The monoisotopic (exact) mass is 718 g/mol. The fourth-order valence-corrected chi connectivity index (χ4v) is 9.79. The van der Waals surface area contributed by atoms with Crippen molar-refractivity contribution >= 4 is 81.1 Å². The van der Waals surface area contributed by atoms with Crippen LogP contribution in [0.5, 0.6) is 0 Å². The summed E-state index contributed by atoms with van der Waals surface area (Å²) in [5, 5.41) is 7.69. The molecule has 0 amide bonds. The molecule has 2 heterocycles. The van der Waals surface area contributed by atoms with Crippen molar-refractivity contribution in [1.82, 2.24) is 4.57 Å². The number of anilines is 3. The van der Waals surface area contributed by atoms with Gasteiger partial charge in [0.1, 0.15) is 0 Å². The maximum atomic E-state index is 2.46. The normalized spacial score (nSPS) is 11.6. The number of benzene rings is 9. The van der Waals surface area contributed by atoms with Gasteiger partial charge in [-0.25, -0.2) is 0 Å². The van der Waals surface area contributed by atoms with Gasteiger partial charge in [-0.1, -0.05) is 158 Å². The van der Waals surface area contributed by atoms with E-state index in [0.29, 0.717) is 0 Å². The number of aromatic nitrogens is 1. The van der Waals surface area contributed by atoms with Gasteiger partial charge in [-0.3, -0.25) is 0 Å². The zero-order chi connectivity index (χ0) is 36.3. The molecule has 0 atom stereocenters. The lowest BCUT2D eigenvalue weighted by Gasteiger charge is -2.28. The van der Waals surface area contributed by atoms with Gasteiger partial charge in [0, 0.05) is 43.2 Å². The van der Waals surface area contributed by atoms with E-state index in [-0.39, 0.29) is 0 Å². The lowest BCUT2D eigenvalue weighted by molar-refractivity contribution is 1.18. The van der Waals surface area contributed by atoms with Crippen molar-refractivity contribution in [2.75, 3.05) is 4.90 Å². The molecular weight excluding hydrogens is 685 g/mol. The molecule has 0 aliphatic carbocycles. The Balaban J connectivity index is 1.08. The first-order chi connectivity index (χ1) is 27.3. The van der Waals surface area contributed by atoms with Crippen LogP contribution in [-0.4, -0.2) is 4.57 Å². The third-order valence-corrected chi connectivity index (χ3v) is 12.3. The SMILES string of the molecule is c1ccc(-c2ccccc2N(c2ccc(-c3cccc(-n4c5ccccc5c5ccccc54)c3)cc2)c2cccc3c2sc2c4ccccc4ccc32)cc1. The van der Waals surface area contributed by atoms with Crippen molar-refractivity contribution in [3.05, 3.63) is 206 Å². The molecule has 3 heteroatoms. The number of hydrogen-bond donors (Lipinski definition) is 0. The number of hydrogen-bond acceptors (Lipinski definition) is 2. The maximum absolute atomic E-state index is 2.46. The fraction of sp³-hybridized carbons (Fsp3) is 0. The quantitative estimate of drug-likeness (QED) is 0.166. The first-order valence-electron chi connectivity index (χ1n) is 18.8. The van der Waals surface area contributed by atoms with Gasteiger partial charge in [0.25, 0.3) is 0 Å². The van der Waals surface area contributed by atoms with E-state index in [0.717, 1.165) is 17.1 Å². The van der Waals surface area contributed by atoms with Gasteiger partial charge in [0.05, 0.1) is 27.1 Å². The van der Waals surface area contributed by atoms with Gasteiger partial charge in [-0.05, 0) is 76.0 Å². The number of thiophene rings is 1. The van der Waals surface area contributed by atoms with E-state index in [1.165, 1.54) is 80.7 Å². The molecule has 0 bridgehead atoms. The number of para-hydroxylation sites is 3. The Hall–Kier alpha value is -6.94. The van der Waals surface area contributed by atoms with Gasteiger partial charge >= 0.3 is 0 Å². The van der Waals surface area contributed by atoms with E-state index >= 15 is 0 Å². The van der Waals surface area contributed by atoms with Gasteiger partial charge in [-0.2, -0.15) is 0 Å². The molecule has 258 valence electrons. The first kappa shape index (κ1) is 31.6. The van der Waals surface area contributed by atoms with E-state index in [1.54, 1.807) is 0 Å². The van der Waals surface area contributed by atoms with Gasteiger partial charge in [0.15, 0.2) is 0 Å². The highest BCUT2D eigenvalue weighted by Crippen LogP contribution is 2.48. The standard InChI is InChI=1S/C52H34N2S/c1-2-14-36(15-3-1)41-19-6-9-24-47(41)53(50-27-13-23-45-46-33-30-37-16-4-5-20-42(37)51(46)55-52(45)50)39-31-28-35(29-32-39)38-17-12-18-40(34-38)54-48-25-10-7-21-43(48)44-22-8-11-26-49(44)54/h1-34H. The molecule has 0 saturated heterocycles. The van der Waals surface area contributed by atoms with Crippen molar-refractivity contribution in [3.8, 4) is 27.9 Å². The third kappa shape index (κ3) is 5.16. The lowest BCUT2D eigenvalue weighted by Crippen LogP contribution is -2.11. The Labute approximate surface area is 323 Å². The minimum Gasteiger partial charge on any atom is -0.309 e. The highest BCUT2D eigenvalue weighted by atomic mass is 32.1. The van der Waals surface area contributed by atoms with E-state index in [2.05, 4.69) is 216 Å². The van der Waals surface area contributed by atoms with Crippen LogP contribution in [0, 0.1) is 0 Å². The van der Waals surface area contributed by atoms with Gasteiger partial charge in [-0.15, -0.1) is 11.3 Å². The molecule has 55 heavy (non-hydrogen) atoms. The van der Waals surface area contributed by atoms with Crippen molar-refractivity contribution in [2.45, 2.75) is 0 Å². The molecule has 0 N–H and O–H groups in total. The smallest absolute Gasteiger partial charge is 0.0640 e. The highest BCUT2D eigenvalue weighted by molar-refractivity contribution is 7.27. The van der Waals surface area contributed by atoms with Crippen molar-refractivity contribution < 1.29 is 0 Å². The molecule has 11 aromatic rings. The third-order valence-electron chi connectivity index (χ3n) is 11.0. The predicted octanol–water partition coefficient (Wildman–Crippen LogP) is 15.1. The minimum atomic E-state index is 1.11. The molecule has 0 fully saturated rings. The molecule has 0 unspecified atom stereocenters. The van der Waals surface area contributed by atoms with Crippen molar-refractivity contribution in [3.63, 3.8) is 0 Å². The Bertz CT molecular complexity index is 3150. The second-order valence-corrected chi connectivity index (χ2v) is 15.1. The van der Waals surface area contributed by atoms with Crippen LogP contribution >= 0.6 is 11.3 Å². The van der Waals surface area contributed by atoms with Crippen LogP contribution in [-0.2, 0) is 0 Å². The highest BCUT2D eigenvalue weighted by Gasteiger charge is 2.21. The molecule has 0 aliphatic rings. The molecule has 2 aromatic heterocycles. The Morgan fingerprint density at radius 2 is 0.964 bits per heavy atom. The number of rotatable bonds is 6. The summed E-state index contributed by atoms with van der Waals surface area (Å²) in [5.41, 5.74) is 11.7. The zero-order valence-electron chi connectivity index (χ0n) is 29.9. The second kappa shape index (κ2) is 12.9. The molecule has 0 aliphatic heterocycles. The summed E-state index contributed by atoms with van der Waals surface area (Å²) >= 11 is 1.89. The van der Waals surface area contributed by atoms with Crippen molar-refractivity contribution in [1.29, 1.82) is 0 Å². The van der Waals surface area contributed by atoms with Crippen LogP contribution in [0.4, 0.5) is 17.1 Å². The van der Waals surface area contributed by atoms with Gasteiger partial charge in [0.2, 0.25) is 0 Å². The van der Waals surface area contributed by atoms with Crippen LogP contribution in [0.1, 0.15) is 0 Å². The topological polar surface area (TPSA) is 8.17 Å². The molecule has 2 nitrogen and oxygen atoms in total. The molecule has 9 aromatic carbocycles. The molecule has 0 radical (unpaired) electrons. The molecule has 0 saturated carbocycles. The van der Waals surface area contributed by atoms with E-state index in [9.17, 15) is 0 Å². The van der Waals surface area contributed by atoms with Crippen LogP contribution in [0.25, 0.3) is 80.7 Å². The van der Waals surface area contributed by atoms with Gasteiger partial charge < -0.3 is 9.47 Å². The summed E-state index contributed by atoms with van der Waals surface area (Å²) in [4.78, 5) is 2.46. The van der Waals surface area contributed by atoms with Crippen LogP contribution < -0.4 is 4.90 Å². The number of nitrogens with zero attached hydrogens (tertiary/aromatic N) is 2. The molecule has 0 spiro atoms. The summed E-state index contributed by atoms with van der Waals surface area (Å²) < 4.78 is 5.00. The van der Waals surface area contributed by atoms with Crippen LogP contribution in [0.15, 0.2) is 206 Å². The largest absolute Gasteiger partial charge is 0.309 e. The number of fused-ring (bicyclic) bond motifs is 8. The minimum absolute atomic E-state index is 1.11. The maximum Gasteiger partial charge on any atom is 0.0640 e. The molecular formula is C52H34N2S. The van der Waals surface area contributed by atoms with Crippen LogP contribution in [0.3, 0.4) is 0 Å². The summed E-state index contributed by atoms with van der Waals surface area (Å²) in [7, 11) is 0. The lowest BCUT2D eigenvalue weighted by atomic mass is 10.0. The summed E-state index contributed by atoms with van der Waals surface area (Å²) in [6.07, 6.45) is 0. The molecule has 11 rings (SSSR count). The van der Waals surface area contributed by atoms with Crippen LogP contribution in [0.2, 0.25) is 0 Å². The van der Waals surface area contributed by atoms with E-state index in [1.807, 2.05) is 11.3 Å². The average Bonchev–Trinajstić information content (AvgIpc) is 3.82. The Morgan fingerprint density at radius 1 is 0.364 bits per heavy atom. The average molecular weight is 719 g/mol. The van der Waals surface area contributed by atoms with Crippen molar-refractivity contribution in [2.24, 2.45) is 0 Å². The van der Waals surface area contributed by atoms with E-state index < -0.39 is 0 Å². The first-order valence-corrected chi connectivity index (χ1v) is 19.6. The zero-order valence-corrected chi connectivity index (χ0v) is 30.7. The Kier molecular flexibility index (Phi) is 7.39. The second-order valence-electron chi connectivity index (χ2n) is 14.1. The summed E-state index contributed by atoms with van der Waals surface area (Å²) in [6.45, 7) is 0. The summed E-state index contributed by atoms with van der Waals surface area (Å²) in [5.74, 6) is 0.